The summed E-state index contributed by atoms with van der Waals surface area (Å²) in [5.74, 6) is 0.845. The smallest absolute Gasteiger partial charge is 0.270 e. The lowest BCUT2D eigenvalue weighted by Gasteiger charge is -2.18. The van der Waals surface area contributed by atoms with E-state index in [1.54, 1.807) is 17.0 Å². The van der Waals surface area contributed by atoms with Gasteiger partial charge in [0, 0.05) is 12.1 Å². The van der Waals surface area contributed by atoms with Crippen molar-refractivity contribution < 1.29 is 9.21 Å². The zero-order chi connectivity index (χ0) is 18.8. The van der Waals surface area contributed by atoms with Crippen LogP contribution in [0.25, 0.3) is 17.1 Å². The molecule has 26 heavy (non-hydrogen) atoms. The fraction of sp³-hybridized carbons (Fsp3) is 0.333. The van der Waals surface area contributed by atoms with Gasteiger partial charge in [-0.25, -0.2) is 4.68 Å². The minimum Gasteiger partial charge on any atom is -0.463 e. The molecule has 5 heteroatoms. The summed E-state index contributed by atoms with van der Waals surface area (Å²) in [6.07, 6.45) is 1.60. The first-order valence-corrected chi connectivity index (χ1v) is 8.89. The predicted molar refractivity (Wildman–Crippen MR) is 103 cm³/mol. The van der Waals surface area contributed by atoms with Crippen LogP contribution in [-0.4, -0.2) is 21.7 Å². The normalized spacial score (nSPS) is 12.4. The molecule has 0 aliphatic rings. The van der Waals surface area contributed by atoms with Crippen molar-refractivity contribution in [1.29, 1.82) is 0 Å². The number of benzene rings is 1. The Kier molecular flexibility index (Phi) is 4.98. The van der Waals surface area contributed by atoms with Gasteiger partial charge in [-0.3, -0.25) is 4.79 Å². The molecule has 0 unspecified atom stereocenters. The monoisotopic (exact) mass is 351 g/mol. The van der Waals surface area contributed by atoms with Crippen LogP contribution in [0.4, 0.5) is 0 Å². The van der Waals surface area contributed by atoms with E-state index in [0.29, 0.717) is 23.1 Å². The Morgan fingerprint density at radius 2 is 1.92 bits per heavy atom. The maximum absolute atomic E-state index is 12.9. The minimum absolute atomic E-state index is 0.0662. The van der Waals surface area contributed by atoms with Crippen molar-refractivity contribution in [3.8, 4) is 17.1 Å². The highest BCUT2D eigenvalue weighted by Gasteiger charge is 2.21. The first-order chi connectivity index (χ1) is 12.4. The number of amides is 1. The second kappa shape index (κ2) is 7.20. The van der Waals surface area contributed by atoms with Crippen LogP contribution >= 0.6 is 0 Å². The maximum Gasteiger partial charge on any atom is 0.270 e. The molecule has 0 spiro atoms. The van der Waals surface area contributed by atoms with Crippen molar-refractivity contribution >= 4 is 5.91 Å². The second-order valence-electron chi connectivity index (χ2n) is 7.10. The average molecular weight is 351 g/mol. The third-order valence-electron chi connectivity index (χ3n) is 4.67. The summed E-state index contributed by atoms with van der Waals surface area (Å²) in [5, 5.41) is 7.73. The van der Waals surface area contributed by atoms with E-state index < -0.39 is 0 Å². The van der Waals surface area contributed by atoms with E-state index in [1.165, 1.54) is 0 Å². The van der Waals surface area contributed by atoms with Gasteiger partial charge in [-0.15, -0.1) is 0 Å². The summed E-state index contributed by atoms with van der Waals surface area (Å²) in [5.41, 5.74) is 4.19. The Bertz CT molecular complexity index is 907. The Balaban J connectivity index is 2.09. The number of furan rings is 1. The number of nitrogens with one attached hydrogen (secondary N) is 1. The van der Waals surface area contributed by atoms with E-state index in [1.807, 2.05) is 45.0 Å². The molecule has 0 radical (unpaired) electrons. The van der Waals surface area contributed by atoms with Crippen molar-refractivity contribution in [2.45, 2.75) is 40.7 Å². The lowest BCUT2D eigenvalue weighted by Crippen LogP contribution is -2.37. The second-order valence-corrected chi connectivity index (χ2v) is 7.10. The van der Waals surface area contributed by atoms with Crippen molar-refractivity contribution in [1.82, 2.24) is 15.1 Å². The number of carbonyl (C=O) groups excluding carboxylic acids is 1. The van der Waals surface area contributed by atoms with Gasteiger partial charge in [0.2, 0.25) is 0 Å². The Morgan fingerprint density at radius 3 is 2.58 bits per heavy atom. The van der Waals surface area contributed by atoms with Gasteiger partial charge in [0.25, 0.3) is 5.91 Å². The third kappa shape index (κ3) is 3.57. The van der Waals surface area contributed by atoms with Gasteiger partial charge in [0.1, 0.15) is 11.4 Å². The first kappa shape index (κ1) is 18.0. The molecular formula is C21H25N3O2. The molecule has 0 aliphatic carbocycles. The van der Waals surface area contributed by atoms with Crippen LogP contribution in [-0.2, 0) is 0 Å². The van der Waals surface area contributed by atoms with Gasteiger partial charge >= 0.3 is 0 Å². The zero-order valence-corrected chi connectivity index (χ0v) is 15.9. The van der Waals surface area contributed by atoms with Crippen LogP contribution in [0.3, 0.4) is 0 Å². The van der Waals surface area contributed by atoms with Crippen LogP contribution in [0.5, 0.6) is 0 Å². The molecule has 0 saturated carbocycles. The highest BCUT2D eigenvalue weighted by Crippen LogP contribution is 2.24. The summed E-state index contributed by atoms with van der Waals surface area (Å²) >= 11 is 0. The predicted octanol–water partition coefficient (Wildman–Crippen LogP) is 4.52. The lowest BCUT2D eigenvalue weighted by molar-refractivity contribution is 0.0922. The van der Waals surface area contributed by atoms with Crippen LogP contribution in [0.15, 0.2) is 47.1 Å². The van der Waals surface area contributed by atoms with Crippen molar-refractivity contribution in [3.63, 3.8) is 0 Å². The van der Waals surface area contributed by atoms with Gasteiger partial charge in [0.15, 0.2) is 5.76 Å². The molecule has 1 aromatic carbocycles. The van der Waals surface area contributed by atoms with Gasteiger partial charge in [-0.1, -0.05) is 26.0 Å². The van der Waals surface area contributed by atoms with Gasteiger partial charge in [-0.2, -0.15) is 5.10 Å². The quantitative estimate of drug-likeness (QED) is 0.735. The van der Waals surface area contributed by atoms with Gasteiger partial charge < -0.3 is 9.73 Å². The number of aryl methyl sites for hydroxylation is 2. The fourth-order valence-electron chi connectivity index (χ4n) is 2.67. The molecular weight excluding hydrogens is 326 g/mol. The summed E-state index contributed by atoms with van der Waals surface area (Å²) in [4.78, 5) is 12.9. The Hall–Kier alpha value is -2.82. The standard InChI is InChI=1S/C21H25N3O2/c1-13(2)16(5)22-21(25)19-12-17(20-7-6-10-26-20)23-24(19)18-11-14(3)8-9-15(18)4/h6-13,16H,1-5H3,(H,22,25)/t16-/m0/s1. The van der Waals surface area contributed by atoms with Crippen molar-refractivity contribution in [3.05, 3.63) is 59.5 Å². The van der Waals surface area contributed by atoms with Crippen LogP contribution < -0.4 is 5.32 Å². The van der Waals surface area contributed by atoms with Crippen molar-refractivity contribution in [2.75, 3.05) is 0 Å². The molecule has 1 N–H and O–H groups in total. The molecule has 2 heterocycles. The van der Waals surface area contributed by atoms with E-state index in [2.05, 4.69) is 30.3 Å². The number of carbonyl (C=O) groups is 1. The molecule has 0 saturated heterocycles. The van der Waals surface area contributed by atoms with E-state index in [-0.39, 0.29) is 11.9 Å². The molecule has 136 valence electrons. The van der Waals surface area contributed by atoms with Crippen LogP contribution in [0.1, 0.15) is 42.4 Å². The SMILES string of the molecule is Cc1ccc(C)c(-n2nc(-c3ccco3)cc2C(=O)N[C@@H](C)C(C)C)c1. The molecule has 0 aliphatic heterocycles. The number of rotatable bonds is 5. The van der Waals surface area contributed by atoms with Gasteiger partial charge in [0.05, 0.1) is 12.0 Å². The number of nitrogens with zero attached hydrogens (tertiary/aromatic N) is 2. The van der Waals surface area contributed by atoms with E-state index >= 15 is 0 Å². The van der Waals surface area contributed by atoms with E-state index in [9.17, 15) is 4.79 Å². The molecule has 3 rings (SSSR count). The molecule has 1 amide bonds. The van der Waals surface area contributed by atoms with Crippen LogP contribution in [0.2, 0.25) is 0 Å². The highest BCUT2D eigenvalue weighted by atomic mass is 16.3. The molecule has 0 bridgehead atoms. The lowest BCUT2D eigenvalue weighted by atomic mass is 10.1. The Labute approximate surface area is 154 Å². The van der Waals surface area contributed by atoms with Crippen molar-refractivity contribution in [2.24, 2.45) is 5.92 Å². The third-order valence-corrected chi connectivity index (χ3v) is 4.67. The maximum atomic E-state index is 12.9. The summed E-state index contributed by atoms with van der Waals surface area (Å²) in [7, 11) is 0. The zero-order valence-electron chi connectivity index (χ0n) is 15.9. The number of hydrogen-bond donors (Lipinski definition) is 1. The molecule has 5 nitrogen and oxygen atoms in total. The van der Waals surface area contributed by atoms with E-state index in [4.69, 9.17) is 4.42 Å². The number of aromatic nitrogens is 2. The first-order valence-electron chi connectivity index (χ1n) is 8.89. The summed E-state index contributed by atoms with van der Waals surface area (Å²) in [6.45, 7) is 10.2. The fourth-order valence-corrected chi connectivity index (χ4v) is 2.67. The Morgan fingerprint density at radius 1 is 1.15 bits per heavy atom. The molecule has 3 aromatic rings. The molecule has 0 fully saturated rings. The van der Waals surface area contributed by atoms with Crippen LogP contribution in [0, 0.1) is 19.8 Å². The summed E-state index contributed by atoms with van der Waals surface area (Å²) < 4.78 is 7.18. The average Bonchev–Trinajstić information content (AvgIpc) is 3.25. The van der Waals surface area contributed by atoms with E-state index in [0.717, 1.165) is 16.8 Å². The van der Waals surface area contributed by atoms with Gasteiger partial charge in [-0.05, 0) is 56.0 Å². The minimum atomic E-state index is -0.141. The number of hydrogen-bond acceptors (Lipinski definition) is 3. The summed E-state index contributed by atoms with van der Waals surface area (Å²) in [6, 6.07) is 11.6. The highest BCUT2D eigenvalue weighted by molar-refractivity contribution is 5.94. The molecule has 1 atom stereocenters. The molecule has 2 aromatic heterocycles. The topological polar surface area (TPSA) is 60.1 Å². The largest absolute Gasteiger partial charge is 0.463 e.